The van der Waals surface area contributed by atoms with E-state index in [1.807, 2.05) is 0 Å². The van der Waals surface area contributed by atoms with E-state index in [9.17, 15) is 9.90 Å². The van der Waals surface area contributed by atoms with E-state index >= 15 is 0 Å². The first kappa shape index (κ1) is 17.2. The van der Waals surface area contributed by atoms with Crippen molar-refractivity contribution in [3.05, 3.63) is 35.4 Å². The van der Waals surface area contributed by atoms with Crippen molar-refractivity contribution in [2.75, 3.05) is 39.5 Å². The molecule has 2 amide bonds. The third-order valence-corrected chi connectivity index (χ3v) is 5.03. The molecule has 2 heterocycles. The number of fused-ring (bicyclic) bond motifs is 1. The Kier molecular flexibility index (Phi) is 5.71. The molecule has 1 fully saturated rings. The van der Waals surface area contributed by atoms with Crippen molar-refractivity contribution < 1.29 is 14.6 Å². The monoisotopic (exact) mass is 333 g/mol. The van der Waals surface area contributed by atoms with Gasteiger partial charge in [-0.3, -0.25) is 4.90 Å². The highest BCUT2D eigenvalue weighted by Crippen LogP contribution is 2.20. The summed E-state index contributed by atoms with van der Waals surface area (Å²) in [6, 6.07) is 8.49. The Morgan fingerprint density at radius 3 is 2.96 bits per heavy atom. The Hall–Kier alpha value is -1.63. The summed E-state index contributed by atoms with van der Waals surface area (Å²) in [5.74, 6) is 0. The number of aliphatic hydroxyl groups excluding tert-OH is 1. The average Bonchev–Trinajstić information content (AvgIpc) is 2.65. The fourth-order valence-electron chi connectivity index (χ4n) is 3.43. The van der Waals surface area contributed by atoms with Crippen molar-refractivity contribution in [2.45, 2.75) is 32.0 Å². The summed E-state index contributed by atoms with van der Waals surface area (Å²) in [6.07, 6.45) is 1.06. The number of morpholine rings is 1. The average molecular weight is 333 g/mol. The van der Waals surface area contributed by atoms with Gasteiger partial charge in [-0.05, 0) is 24.5 Å². The number of nitrogens with zero attached hydrogens (tertiary/aromatic N) is 2. The molecule has 6 nitrogen and oxygen atoms in total. The third kappa shape index (κ3) is 3.88. The maximum absolute atomic E-state index is 12.4. The highest BCUT2D eigenvalue weighted by atomic mass is 16.5. The number of nitrogens with one attached hydrogen (secondary N) is 1. The summed E-state index contributed by atoms with van der Waals surface area (Å²) in [5.41, 5.74) is 2.82. The van der Waals surface area contributed by atoms with Crippen LogP contribution in [0.1, 0.15) is 18.1 Å². The molecule has 3 rings (SSSR count). The number of amides is 2. The lowest BCUT2D eigenvalue weighted by molar-refractivity contribution is -0.00788. The standard InChI is InChI=1S/C18H27N3O3/c1-14(20-7-6-15-4-2-3-5-16(15)11-20)10-19-18(23)21-8-9-24-13-17(21)12-22/h2-5,14,17,22H,6-13H2,1H3,(H,19,23)/t14?,17-/m1/s1. The molecule has 0 aromatic heterocycles. The van der Waals surface area contributed by atoms with Gasteiger partial charge in [-0.1, -0.05) is 24.3 Å². The number of hydrogen-bond acceptors (Lipinski definition) is 4. The van der Waals surface area contributed by atoms with Gasteiger partial charge in [0.05, 0.1) is 25.9 Å². The second-order valence-corrected chi connectivity index (χ2v) is 6.63. The third-order valence-electron chi connectivity index (χ3n) is 5.03. The quantitative estimate of drug-likeness (QED) is 0.857. The first-order valence-corrected chi connectivity index (χ1v) is 8.73. The van der Waals surface area contributed by atoms with E-state index in [4.69, 9.17) is 4.74 Å². The largest absolute Gasteiger partial charge is 0.394 e. The molecular formula is C18H27N3O3. The molecule has 0 spiro atoms. The molecule has 6 heteroatoms. The number of carbonyl (C=O) groups is 1. The zero-order chi connectivity index (χ0) is 16.9. The molecule has 2 atom stereocenters. The van der Waals surface area contributed by atoms with E-state index in [2.05, 4.69) is 41.4 Å². The smallest absolute Gasteiger partial charge is 0.317 e. The maximum atomic E-state index is 12.4. The summed E-state index contributed by atoms with van der Waals surface area (Å²) in [6.45, 7) is 6.11. The fraction of sp³-hybridized carbons (Fsp3) is 0.611. The maximum Gasteiger partial charge on any atom is 0.317 e. The van der Waals surface area contributed by atoms with Crippen molar-refractivity contribution >= 4 is 6.03 Å². The van der Waals surface area contributed by atoms with E-state index in [1.54, 1.807) is 4.90 Å². The minimum Gasteiger partial charge on any atom is -0.394 e. The van der Waals surface area contributed by atoms with Gasteiger partial charge in [0.15, 0.2) is 0 Å². The lowest BCUT2D eigenvalue weighted by Gasteiger charge is -2.36. The lowest BCUT2D eigenvalue weighted by Crippen LogP contribution is -2.55. The molecule has 132 valence electrons. The summed E-state index contributed by atoms with van der Waals surface area (Å²) in [7, 11) is 0. The van der Waals surface area contributed by atoms with Gasteiger partial charge in [0.25, 0.3) is 0 Å². The van der Waals surface area contributed by atoms with Crippen LogP contribution in [0.2, 0.25) is 0 Å². The van der Waals surface area contributed by atoms with Crippen LogP contribution in [0.5, 0.6) is 0 Å². The van der Waals surface area contributed by atoms with Crippen LogP contribution in [0.3, 0.4) is 0 Å². The normalized spacial score (nSPS) is 22.8. The summed E-state index contributed by atoms with van der Waals surface area (Å²) >= 11 is 0. The van der Waals surface area contributed by atoms with Crippen LogP contribution in [0, 0.1) is 0 Å². The highest BCUT2D eigenvalue weighted by Gasteiger charge is 2.27. The Morgan fingerprint density at radius 1 is 1.38 bits per heavy atom. The fourth-order valence-corrected chi connectivity index (χ4v) is 3.43. The summed E-state index contributed by atoms with van der Waals surface area (Å²) in [4.78, 5) is 16.5. The van der Waals surface area contributed by atoms with Crippen LogP contribution in [0.4, 0.5) is 4.79 Å². The Balaban J connectivity index is 1.50. The van der Waals surface area contributed by atoms with Crippen molar-refractivity contribution in [3.63, 3.8) is 0 Å². The predicted molar refractivity (Wildman–Crippen MR) is 91.8 cm³/mol. The van der Waals surface area contributed by atoms with Gasteiger partial charge in [-0.15, -0.1) is 0 Å². The molecular weight excluding hydrogens is 306 g/mol. The summed E-state index contributed by atoms with van der Waals surface area (Å²) < 4.78 is 5.32. The van der Waals surface area contributed by atoms with Crippen LogP contribution >= 0.6 is 0 Å². The minimum absolute atomic E-state index is 0.0636. The molecule has 1 saturated heterocycles. The molecule has 2 aliphatic rings. The van der Waals surface area contributed by atoms with Crippen molar-refractivity contribution in [1.82, 2.24) is 15.1 Å². The Bertz CT molecular complexity index is 566. The van der Waals surface area contributed by atoms with Gasteiger partial charge < -0.3 is 20.1 Å². The van der Waals surface area contributed by atoms with Crippen LogP contribution < -0.4 is 5.32 Å². The van der Waals surface area contributed by atoms with Crippen molar-refractivity contribution in [1.29, 1.82) is 0 Å². The van der Waals surface area contributed by atoms with Crippen LogP contribution in [-0.2, 0) is 17.7 Å². The minimum atomic E-state index is -0.240. The Labute approximate surface area is 143 Å². The first-order chi connectivity index (χ1) is 11.7. The van der Waals surface area contributed by atoms with E-state index < -0.39 is 0 Å². The predicted octanol–water partition coefficient (Wildman–Crippen LogP) is 0.836. The lowest BCUT2D eigenvalue weighted by atomic mass is 9.99. The summed E-state index contributed by atoms with van der Waals surface area (Å²) in [5, 5.41) is 12.4. The van der Waals surface area contributed by atoms with Crippen LogP contribution in [0.15, 0.2) is 24.3 Å². The molecule has 0 saturated carbocycles. The second-order valence-electron chi connectivity index (χ2n) is 6.63. The molecule has 0 aliphatic carbocycles. The van der Waals surface area contributed by atoms with E-state index in [-0.39, 0.29) is 24.7 Å². The first-order valence-electron chi connectivity index (χ1n) is 8.73. The molecule has 1 aromatic carbocycles. The second kappa shape index (κ2) is 7.96. The molecule has 1 unspecified atom stereocenters. The number of hydrogen-bond donors (Lipinski definition) is 2. The molecule has 1 aromatic rings. The van der Waals surface area contributed by atoms with Gasteiger partial charge >= 0.3 is 6.03 Å². The van der Waals surface area contributed by atoms with Gasteiger partial charge in [-0.2, -0.15) is 0 Å². The Morgan fingerprint density at radius 2 is 2.17 bits per heavy atom. The number of rotatable bonds is 4. The molecule has 24 heavy (non-hydrogen) atoms. The zero-order valence-corrected chi connectivity index (χ0v) is 14.3. The van der Waals surface area contributed by atoms with Gasteiger partial charge in [-0.25, -0.2) is 4.79 Å². The number of urea groups is 1. The van der Waals surface area contributed by atoms with Gasteiger partial charge in [0.1, 0.15) is 0 Å². The molecule has 0 radical (unpaired) electrons. The topological polar surface area (TPSA) is 65.0 Å². The number of ether oxygens (including phenoxy) is 1. The van der Waals surface area contributed by atoms with Gasteiger partial charge in [0.2, 0.25) is 0 Å². The molecule has 2 aliphatic heterocycles. The van der Waals surface area contributed by atoms with Crippen molar-refractivity contribution in [3.8, 4) is 0 Å². The van der Waals surface area contributed by atoms with Crippen LogP contribution in [0.25, 0.3) is 0 Å². The number of carbonyl (C=O) groups excluding carboxylic acids is 1. The number of aliphatic hydroxyl groups is 1. The van der Waals surface area contributed by atoms with E-state index in [0.717, 1.165) is 19.5 Å². The highest BCUT2D eigenvalue weighted by molar-refractivity contribution is 5.74. The van der Waals surface area contributed by atoms with E-state index in [0.29, 0.717) is 26.3 Å². The van der Waals surface area contributed by atoms with Crippen molar-refractivity contribution in [2.24, 2.45) is 0 Å². The zero-order valence-electron chi connectivity index (χ0n) is 14.3. The van der Waals surface area contributed by atoms with Crippen LogP contribution in [-0.4, -0.2) is 72.5 Å². The molecule has 0 bridgehead atoms. The van der Waals surface area contributed by atoms with Gasteiger partial charge in [0, 0.05) is 32.2 Å². The number of benzene rings is 1. The van der Waals surface area contributed by atoms with E-state index in [1.165, 1.54) is 11.1 Å². The SMILES string of the molecule is CC(CNC(=O)N1CCOC[C@H]1CO)N1CCc2ccccc2C1. The molecule has 2 N–H and O–H groups in total.